The Balaban J connectivity index is 3.59. The monoisotopic (exact) mass is 176 g/mol. The lowest BCUT2D eigenvalue weighted by molar-refractivity contribution is -0.148. The zero-order valence-corrected chi connectivity index (χ0v) is 9.42. The van der Waals surface area contributed by atoms with Crippen LogP contribution in [-0.4, -0.2) is 29.2 Å². The van der Waals surface area contributed by atoms with E-state index < -0.39 is 0 Å². The highest BCUT2D eigenvalue weighted by Crippen LogP contribution is 2.02. The van der Waals surface area contributed by atoms with Gasteiger partial charge in [0.05, 0.1) is 6.61 Å². The molecule has 0 aromatic carbocycles. The lowest BCUT2D eigenvalue weighted by atomic mass is 10.2. The molecule has 3 nitrogen and oxygen atoms in total. The molecule has 0 radical (unpaired) electrons. The lowest BCUT2D eigenvalue weighted by Crippen LogP contribution is -2.21. The fourth-order valence-corrected chi connectivity index (χ4v) is 1.29. The molecule has 66 valence electrons. The molecule has 0 amide bonds. The van der Waals surface area contributed by atoms with Gasteiger partial charge in [-0.1, -0.05) is 13.3 Å². The number of carbonyl (C=O) groups excluding carboxylic acids is 1. The minimum absolute atomic E-state index is 0.0324. The first-order valence-corrected chi connectivity index (χ1v) is 4.68. The number of rotatable bonds is 5. The predicted molar refractivity (Wildman–Crippen MR) is 46.4 cm³/mol. The molecule has 1 unspecified atom stereocenters. The molecule has 0 spiro atoms. The molecule has 0 aliphatic carbocycles. The summed E-state index contributed by atoms with van der Waals surface area (Å²) < 4.78 is 10.0. The zero-order valence-electron chi connectivity index (χ0n) is 7.42. The van der Waals surface area contributed by atoms with E-state index in [1.54, 1.807) is 0 Å². The van der Waals surface area contributed by atoms with Crippen molar-refractivity contribution in [2.75, 3.05) is 6.61 Å². The van der Waals surface area contributed by atoms with E-state index in [0.717, 1.165) is 12.8 Å². The highest BCUT2D eigenvalue weighted by atomic mass is 28.2. The summed E-state index contributed by atoms with van der Waals surface area (Å²) >= 11 is 0. The van der Waals surface area contributed by atoms with Crippen molar-refractivity contribution in [3.8, 4) is 0 Å². The largest absolute Gasteiger partial charge is 0.460 e. The Kier molecular flexibility index (Phi) is 6.16. The summed E-state index contributed by atoms with van der Waals surface area (Å²) in [5, 5.41) is 0. The summed E-state index contributed by atoms with van der Waals surface area (Å²) in [6.07, 6.45) is 1.88. The molecule has 0 rings (SSSR count). The van der Waals surface area contributed by atoms with E-state index in [2.05, 4.69) is 6.92 Å². The van der Waals surface area contributed by atoms with Crippen LogP contribution in [0.25, 0.3) is 0 Å². The van der Waals surface area contributed by atoms with Crippen LogP contribution in [0.5, 0.6) is 0 Å². The van der Waals surface area contributed by atoms with Crippen LogP contribution < -0.4 is 0 Å². The van der Waals surface area contributed by atoms with Gasteiger partial charge < -0.3 is 9.16 Å². The average Bonchev–Trinajstić information content (AvgIpc) is 1.87. The van der Waals surface area contributed by atoms with Gasteiger partial charge in [-0.15, -0.1) is 0 Å². The topological polar surface area (TPSA) is 35.5 Å². The molecule has 0 heterocycles. The van der Waals surface area contributed by atoms with Crippen LogP contribution in [0.1, 0.15) is 26.7 Å². The van der Waals surface area contributed by atoms with Gasteiger partial charge >= 0.3 is 5.97 Å². The molecule has 0 fully saturated rings. The molecule has 11 heavy (non-hydrogen) atoms. The number of hydrogen-bond donors (Lipinski definition) is 0. The third-order valence-electron chi connectivity index (χ3n) is 1.30. The Morgan fingerprint density at radius 2 is 2.27 bits per heavy atom. The second kappa shape index (κ2) is 6.36. The molecule has 4 heteroatoms. The summed E-state index contributed by atoms with van der Waals surface area (Å²) in [5.74, 6) is -0.220. The predicted octanol–water partition coefficient (Wildman–Crippen LogP) is 0.0152. The quantitative estimate of drug-likeness (QED) is 0.437. The van der Waals surface area contributed by atoms with Gasteiger partial charge in [-0.3, -0.25) is 4.79 Å². The van der Waals surface area contributed by atoms with Crippen molar-refractivity contribution >= 4 is 16.5 Å². The molecule has 0 bridgehead atoms. The van der Waals surface area contributed by atoms with Crippen LogP contribution >= 0.6 is 0 Å². The summed E-state index contributed by atoms with van der Waals surface area (Å²) in [4.78, 5) is 10.5. The van der Waals surface area contributed by atoms with Gasteiger partial charge in [-0.25, -0.2) is 0 Å². The summed E-state index contributed by atoms with van der Waals surface area (Å²) in [7, 11) is 0.703. The molecule has 0 saturated heterocycles. The smallest absolute Gasteiger partial charge is 0.302 e. The van der Waals surface area contributed by atoms with Gasteiger partial charge in [0.25, 0.3) is 0 Å². The van der Waals surface area contributed by atoms with Crippen molar-refractivity contribution in [1.82, 2.24) is 0 Å². The maximum Gasteiger partial charge on any atom is 0.302 e. The van der Waals surface area contributed by atoms with Crippen LogP contribution in [0, 0.1) is 0 Å². The highest BCUT2D eigenvalue weighted by molar-refractivity contribution is 5.97. The Bertz CT molecular complexity index is 110. The first-order valence-electron chi connectivity index (χ1n) is 3.86. The van der Waals surface area contributed by atoms with Gasteiger partial charge in [0, 0.05) is 6.92 Å². The van der Waals surface area contributed by atoms with Crippen molar-refractivity contribution in [1.29, 1.82) is 0 Å². The molecule has 0 aromatic heterocycles. The minimum atomic E-state index is -0.220. The fraction of sp³-hybridized carbons (Fsp3) is 0.857. The van der Waals surface area contributed by atoms with E-state index in [4.69, 9.17) is 9.16 Å². The molecule has 0 aromatic rings. The van der Waals surface area contributed by atoms with Gasteiger partial charge in [0.1, 0.15) is 16.6 Å². The van der Waals surface area contributed by atoms with Crippen molar-refractivity contribution < 1.29 is 14.0 Å². The fourth-order valence-electron chi connectivity index (χ4n) is 0.919. The molecular weight excluding hydrogens is 160 g/mol. The molecule has 1 atom stereocenters. The van der Waals surface area contributed by atoms with Gasteiger partial charge in [-0.2, -0.15) is 0 Å². The van der Waals surface area contributed by atoms with Crippen molar-refractivity contribution in [2.24, 2.45) is 0 Å². The SMILES string of the molecule is CCCC(CO[SiH3])OC(C)=O. The van der Waals surface area contributed by atoms with Gasteiger partial charge in [-0.05, 0) is 6.42 Å². The van der Waals surface area contributed by atoms with Crippen molar-refractivity contribution in [3.63, 3.8) is 0 Å². The standard InChI is InChI=1S/C7H16O3Si/c1-3-4-7(5-9-11)10-6(2)8/h7H,3-5H2,1-2,11H3. The zero-order chi connectivity index (χ0) is 8.69. The molecule has 0 N–H and O–H groups in total. The van der Waals surface area contributed by atoms with Crippen LogP contribution in [0.2, 0.25) is 0 Å². The van der Waals surface area contributed by atoms with E-state index in [-0.39, 0.29) is 12.1 Å². The van der Waals surface area contributed by atoms with Crippen LogP contribution in [0.4, 0.5) is 0 Å². The maximum atomic E-state index is 10.5. The number of esters is 1. The van der Waals surface area contributed by atoms with Crippen LogP contribution in [0.3, 0.4) is 0 Å². The molecule has 0 saturated carbocycles. The number of carbonyl (C=O) groups is 1. The van der Waals surface area contributed by atoms with E-state index >= 15 is 0 Å². The maximum absolute atomic E-state index is 10.5. The third-order valence-corrected chi connectivity index (χ3v) is 1.63. The Morgan fingerprint density at radius 1 is 1.64 bits per heavy atom. The third kappa shape index (κ3) is 6.06. The Hall–Kier alpha value is -0.353. The summed E-state index contributed by atoms with van der Waals surface area (Å²) in [6.45, 7) is 4.04. The highest BCUT2D eigenvalue weighted by Gasteiger charge is 2.08. The van der Waals surface area contributed by atoms with Gasteiger partial charge in [0.15, 0.2) is 0 Å². The second-order valence-electron chi connectivity index (χ2n) is 2.48. The minimum Gasteiger partial charge on any atom is -0.460 e. The van der Waals surface area contributed by atoms with Crippen molar-refractivity contribution in [3.05, 3.63) is 0 Å². The van der Waals surface area contributed by atoms with Crippen LogP contribution in [0.15, 0.2) is 0 Å². The van der Waals surface area contributed by atoms with Crippen LogP contribution in [-0.2, 0) is 14.0 Å². The van der Waals surface area contributed by atoms with Gasteiger partial charge in [0.2, 0.25) is 0 Å². The van der Waals surface area contributed by atoms with Crippen molar-refractivity contribution in [2.45, 2.75) is 32.8 Å². The number of hydrogen-bond acceptors (Lipinski definition) is 3. The second-order valence-corrected chi connectivity index (χ2v) is 3.05. The summed E-state index contributed by atoms with van der Waals surface area (Å²) in [6, 6.07) is 0. The Morgan fingerprint density at radius 3 is 2.64 bits per heavy atom. The summed E-state index contributed by atoms with van der Waals surface area (Å²) in [5.41, 5.74) is 0. The first kappa shape index (κ1) is 10.6. The first-order chi connectivity index (χ1) is 5.20. The van der Waals surface area contributed by atoms with E-state index in [0.29, 0.717) is 17.1 Å². The lowest BCUT2D eigenvalue weighted by Gasteiger charge is -2.14. The molecule has 0 aliphatic rings. The molecule has 0 aliphatic heterocycles. The Labute approximate surface area is 70.6 Å². The van der Waals surface area contributed by atoms with E-state index in [1.165, 1.54) is 6.92 Å². The van der Waals surface area contributed by atoms with E-state index in [1.807, 2.05) is 0 Å². The number of ether oxygens (including phenoxy) is 1. The molecular formula is C7H16O3Si. The normalized spacial score (nSPS) is 12.9. The average molecular weight is 176 g/mol. The van der Waals surface area contributed by atoms with E-state index in [9.17, 15) is 4.79 Å².